The van der Waals surface area contributed by atoms with E-state index in [1.165, 1.54) is 38.5 Å². The average molecular weight is 198 g/mol. The first-order valence-corrected chi connectivity index (χ1v) is 6.61. The standard InChI is InChI=1S/C14H30/c1-7-13(8-2,9-3)14(10-4,11-5)12-6/h7-12H2,1-6H3. The topological polar surface area (TPSA) is 0 Å². The van der Waals surface area contributed by atoms with E-state index in [4.69, 9.17) is 0 Å². The molecule has 0 amide bonds. The summed E-state index contributed by atoms with van der Waals surface area (Å²) in [6.45, 7) is 14.3. The van der Waals surface area contributed by atoms with Crippen LogP contribution in [0.15, 0.2) is 0 Å². The Morgan fingerprint density at radius 3 is 0.643 bits per heavy atom. The van der Waals surface area contributed by atoms with Crippen molar-refractivity contribution in [1.29, 1.82) is 0 Å². The summed E-state index contributed by atoms with van der Waals surface area (Å²) in [4.78, 5) is 0. The minimum absolute atomic E-state index is 0.589. The van der Waals surface area contributed by atoms with Crippen molar-refractivity contribution in [3.63, 3.8) is 0 Å². The number of hydrogen-bond acceptors (Lipinski definition) is 0. The molecular formula is C14H30. The molecule has 0 bridgehead atoms. The van der Waals surface area contributed by atoms with Crippen LogP contribution in [0.2, 0.25) is 0 Å². The molecule has 0 spiro atoms. The second-order valence-electron chi connectivity index (χ2n) is 4.68. The molecule has 0 atom stereocenters. The lowest BCUT2D eigenvalue weighted by molar-refractivity contribution is 0.00526. The van der Waals surface area contributed by atoms with E-state index in [0.29, 0.717) is 10.8 Å². The average Bonchev–Trinajstić information content (AvgIpc) is 2.27. The summed E-state index contributed by atoms with van der Waals surface area (Å²) in [6, 6.07) is 0. The SMILES string of the molecule is CCC(CC)(CC)C(CC)(CC)CC. The molecule has 0 aliphatic rings. The lowest BCUT2D eigenvalue weighted by Crippen LogP contribution is -2.40. The number of hydrogen-bond donors (Lipinski definition) is 0. The van der Waals surface area contributed by atoms with Gasteiger partial charge in [-0.1, -0.05) is 41.5 Å². The van der Waals surface area contributed by atoms with Gasteiger partial charge in [-0.3, -0.25) is 0 Å². The van der Waals surface area contributed by atoms with E-state index < -0.39 is 0 Å². The molecule has 0 heteroatoms. The molecule has 0 aliphatic heterocycles. The Morgan fingerprint density at radius 1 is 0.429 bits per heavy atom. The van der Waals surface area contributed by atoms with Crippen LogP contribution in [-0.2, 0) is 0 Å². The zero-order valence-electron chi connectivity index (χ0n) is 11.2. The Labute approximate surface area is 91.5 Å². The molecule has 0 rings (SSSR count). The fourth-order valence-electron chi connectivity index (χ4n) is 3.75. The first-order chi connectivity index (χ1) is 6.61. The van der Waals surface area contributed by atoms with Gasteiger partial charge in [0.1, 0.15) is 0 Å². The molecule has 0 aromatic rings. The lowest BCUT2D eigenvalue weighted by Gasteiger charge is -2.50. The summed E-state index contributed by atoms with van der Waals surface area (Å²) in [5, 5.41) is 0. The second kappa shape index (κ2) is 5.78. The molecule has 0 heterocycles. The van der Waals surface area contributed by atoms with Crippen LogP contribution in [-0.4, -0.2) is 0 Å². The molecule has 14 heavy (non-hydrogen) atoms. The van der Waals surface area contributed by atoms with E-state index in [0.717, 1.165) is 0 Å². The fourth-order valence-corrected chi connectivity index (χ4v) is 3.75. The summed E-state index contributed by atoms with van der Waals surface area (Å²) in [6.07, 6.45) is 8.06. The normalized spacial score (nSPS) is 13.3. The highest BCUT2D eigenvalue weighted by molar-refractivity contribution is 4.93. The van der Waals surface area contributed by atoms with Gasteiger partial charge in [-0.25, -0.2) is 0 Å². The predicted molar refractivity (Wildman–Crippen MR) is 66.6 cm³/mol. The molecule has 0 fully saturated rings. The maximum atomic E-state index is 2.38. The van der Waals surface area contributed by atoms with Crippen LogP contribution in [0.25, 0.3) is 0 Å². The molecular weight excluding hydrogens is 168 g/mol. The highest BCUT2D eigenvalue weighted by Crippen LogP contribution is 2.53. The van der Waals surface area contributed by atoms with Crippen molar-refractivity contribution in [2.75, 3.05) is 0 Å². The summed E-state index contributed by atoms with van der Waals surface area (Å²) in [5.41, 5.74) is 1.18. The van der Waals surface area contributed by atoms with Crippen molar-refractivity contribution >= 4 is 0 Å². The molecule has 0 nitrogen and oxygen atoms in total. The largest absolute Gasteiger partial charge is 0.0648 e. The van der Waals surface area contributed by atoms with Crippen LogP contribution in [0.5, 0.6) is 0 Å². The molecule has 0 unspecified atom stereocenters. The minimum atomic E-state index is 0.589. The maximum Gasteiger partial charge on any atom is -0.0249 e. The van der Waals surface area contributed by atoms with Crippen molar-refractivity contribution in [2.24, 2.45) is 10.8 Å². The van der Waals surface area contributed by atoms with Gasteiger partial charge in [0, 0.05) is 0 Å². The summed E-state index contributed by atoms with van der Waals surface area (Å²) in [5.74, 6) is 0. The third-order valence-electron chi connectivity index (χ3n) is 5.19. The van der Waals surface area contributed by atoms with E-state index in [-0.39, 0.29) is 0 Å². The maximum absolute atomic E-state index is 2.38. The zero-order valence-corrected chi connectivity index (χ0v) is 11.2. The second-order valence-corrected chi connectivity index (χ2v) is 4.68. The van der Waals surface area contributed by atoms with Crippen molar-refractivity contribution in [3.8, 4) is 0 Å². The van der Waals surface area contributed by atoms with Crippen LogP contribution in [0.4, 0.5) is 0 Å². The van der Waals surface area contributed by atoms with Crippen molar-refractivity contribution in [1.82, 2.24) is 0 Å². The Morgan fingerprint density at radius 2 is 0.571 bits per heavy atom. The zero-order chi connectivity index (χ0) is 11.2. The molecule has 0 aromatic heterocycles. The van der Waals surface area contributed by atoms with Crippen molar-refractivity contribution in [2.45, 2.75) is 80.1 Å². The van der Waals surface area contributed by atoms with Crippen molar-refractivity contribution < 1.29 is 0 Å². The Kier molecular flexibility index (Phi) is 5.78. The third-order valence-corrected chi connectivity index (χ3v) is 5.19. The highest BCUT2D eigenvalue weighted by atomic mass is 14.5. The van der Waals surface area contributed by atoms with Crippen LogP contribution < -0.4 is 0 Å². The first-order valence-electron chi connectivity index (χ1n) is 6.61. The third kappa shape index (κ3) is 1.99. The van der Waals surface area contributed by atoms with Gasteiger partial charge in [0.2, 0.25) is 0 Å². The summed E-state index contributed by atoms with van der Waals surface area (Å²) < 4.78 is 0. The van der Waals surface area contributed by atoms with Crippen LogP contribution >= 0.6 is 0 Å². The van der Waals surface area contributed by atoms with Gasteiger partial charge in [-0.15, -0.1) is 0 Å². The van der Waals surface area contributed by atoms with E-state index >= 15 is 0 Å². The van der Waals surface area contributed by atoms with Gasteiger partial charge < -0.3 is 0 Å². The predicted octanol–water partition coefficient (Wildman–Crippen LogP) is 5.42. The Hall–Kier alpha value is 0. The van der Waals surface area contributed by atoms with Gasteiger partial charge in [-0.05, 0) is 49.4 Å². The van der Waals surface area contributed by atoms with E-state index in [1.54, 1.807) is 0 Å². The quantitative estimate of drug-likeness (QED) is 0.512. The van der Waals surface area contributed by atoms with Gasteiger partial charge in [0.15, 0.2) is 0 Å². The fraction of sp³-hybridized carbons (Fsp3) is 1.00. The molecule has 86 valence electrons. The van der Waals surface area contributed by atoms with Crippen LogP contribution in [0.1, 0.15) is 80.1 Å². The van der Waals surface area contributed by atoms with Crippen LogP contribution in [0.3, 0.4) is 0 Å². The minimum Gasteiger partial charge on any atom is -0.0648 e. The van der Waals surface area contributed by atoms with Crippen molar-refractivity contribution in [3.05, 3.63) is 0 Å². The molecule has 0 radical (unpaired) electrons. The van der Waals surface area contributed by atoms with E-state index in [9.17, 15) is 0 Å². The van der Waals surface area contributed by atoms with Gasteiger partial charge in [-0.2, -0.15) is 0 Å². The Balaban J connectivity index is 5.08. The molecule has 0 N–H and O–H groups in total. The van der Waals surface area contributed by atoms with Gasteiger partial charge in [0.05, 0.1) is 0 Å². The van der Waals surface area contributed by atoms with Crippen LogP contribution in [0, 0.1) is 10.8 Å². The number of rotatable bonds is 7. The highest BCUT2D eigenvalue weighted by Gasteiger charge is 2.43. The molecule has 0 aliphatic carbocycles. The van der Waals surface area contributed by atoms with E-state index in [1.807, 2.05) is 0 Å². The lowest BCUT2D eigenvalue weighted by atomic mass is 9.55. The van der Waals surface area contributed by atoms with Gasteiger partial charge in [0.25, 0.3) is 0 Å². The monoisotopic (exact) mass is 198 g/mol. The smallest absolute Gasteiger partial charge is 0.0249 e. The summed E-state index contributed by atoms with van der Waals surface area (Å²) >= 11 is 0. The summed E-state index contributed by atoms with van der Waals surface area (Å²) in [7, 11) is 0. The molecule has 0 saturated heterocycles. The molecule has 0 saturated carbocycles. The molecule has 0 aromatic carbocycles. The Bertz CT molecular complexity index is 104. The first kappa shape index (κ1) is 14.0. The van der Waals surface area contributed by atoms with Gasteiger partial charge >= 0.3 is 0 Å². The van der Waals surface area contributed by atoms with E-state index in [2.05, 4.69) is 41.5 Å².